The van der Waals surface area contributed by atoms with Gasteiger partial charge in [0.05, 0.1) is 25.5 Å². The predicted molar refractivity (Wildman–Crippen MR) is 154 cm³/mol. The molecule has 37 heavy (non-hydrogen) atoms. The number of benzene rings is 2. The third-order valence-electron chi connectivity index (χ3n) is 7.12. The Kier molecular flexibility index (Phi) is 10.7. The Labute approximate surface area is 223 Å². The van der Waals surface area contributed by atoms with Gasteiger partial charge in [-0.2, -0.15) is 0 Å². The van der Waals surface area contributed by atoms with Crippen LogP contribution in [0.4, 0.5) is 0 Å². The lowest BCUT2D eigenvalue weighted by atomic mass is 10.0. The normalized spacial score (nSPS) is 16.9. The minimum absolute atomic E-state index is 0.241. The summed E-state index contributed by atoms with van der Waals surface area (Å²) in [5.41, 5.74) is 3.25. The van der Waals surface area contributed by atoms with Gasteiger partial charge in [0.1, 0.15) is 5.82 Å². The van der Waals surface area contributed by atoms with E-state index in [4.69, 9.17) is 14.5 Å². The van der Waals surface area contributed by atoms with Crippen molar-refractivity contribution >= 4 is 5.71 Å². The van der Waals surface area contributed by atoms with Crippen LogP contribution in [0, 0.1) is 0 Å². The topological polar surface area (TPSA) is 46.1 Å². The van der Waals surface area contributed by atoms with Crippen molar-refractivity contribution in [1.82, 2.24) is 10.2 Å². The Bertz CT molecular complexity index is 1050. The van der Waals surface area contributed by atoms with Crippen molar-refractivity contribution < 1.29 is 9.47 Å². The van der Waals surface area contributed by atoms with Gasteiger partial charge in [-0.3, -0.25) is 0 Å². The summed E-state index contributed by atoms with van der Waals surface area (Å²) in [5, 5.41) is 3.72. The number of hydrogen-bond acceptors (Lipinski definition) is 5. The van der Waals surface area contributed by atoms with Crippen molar-refractivity contribution in [3.8, 4) is 11.5 Å². The van der Waals surface area contributed by atoms with E-state index in [1.54, 1.807) is 7.11 Å². The van der Waals surface area contributed by atoms with E-state index in [9.17, 15) is 0 Å². The summed E-state index contributed by atoms with van der Waals surface area (Å²) < 4.78 is 11.8. The Morgan fingerprint density at radius 3 is 2.62 bits per heavy atom. The zero-order chi connectivity index (χ0) is 25.7. The van der Waals surface area contributed by atoms with Crippen LogP contribution < -0.4 is 14.8 Å². The second-order valence-electron chi connectivity index (χ2n) is 9.94. The number of likely N-dealkylation sites (tertiary alicyclic amines) is 1. The van der Waals surface area contributed by atoms with E-state index in [2.05, 4.69) is 71.8 Å². The molecule has 1 N–H and O–H groups in total. The Balaban J connectivity index is 1.42. The van der Waals surface area contributed by atoms with Crippen LogP contribution in [-0.4, -0.2) is 44.0 Å². The number of hydrogen-bond donors (Lipinski definition) is 1. The average molecular weight is 502 g/mol. The van der Waals surface area contributed by atoms with E-state index in [-0.39, 0.29) is 6.04 Å². The number of ether oxygens (including phenoxy) is 2. The molecule has 1 atom stereocenters. The van der Waals surface area contributed by atoms with Gasteiger partial charge in [-0.25, -0.2) is 4.99 Å². The number of aliphatic imine (C=N–C) groups is 1. The van der Waals surface area contributed by atoms with E-state index in [1.165, 1.54) is 50.8 Å². The first-order valence-corrected chi connectivity index (χ1v) is 14.1. The van der Waals surface area contributed by atoms with Crippen molar-refractivity contribution in [3.05, 3.63) is 83.7 Å². The molecule has 0 aliphatic carbocycles. The quantitative estimate of drug-likeness (QED) is 0.298. The molecule has 0 spiro atoms. The Morgan fingerprint density at radius 1 is 1.00 bits per heavy atom. The van der Waals surface area contributed by atoms with Gasteiger partial charge in [0.15, 0.2) is 11.5 Å². The molecule has 198 valence electrons. The molecule has 1 fully saturated rings. The molecule has 0 bridgehead atoms. The minimum atomic E-state index is 0.241. The van der Waals surface area contributed by atoms with Crippen molar-refractivity contribution in [1.29, 1.82) is 0 Å². The Morgan fingerprint density at radius 2 is 1.84 bits per heavy atom. The molecule has 4 rings (SSSR count). The fourth-order valence-electron chi connectivity index (χ4n) is 5.02. The average Bonchev–Trinajstić information content (AvgIpc) is 3.20. The van der Waals surface area contributed by atoms with E-state index in [1.807, 2.05) is 12.1 Å². The van der Waals surface area contributed by atoms with Gasteiger partial charge in [-0.1, -0.05) is 62.6 Å². The molecule has 0 aromatic heterocycles. The fraction of sp³-hybridized carbons (Fsp3) is 0.469. The molecule has 0 radical (unpaired) electrons. The van der Waals surface area contributed by atoms with E-state index in [0.717, 1.165) is 54.4 Å². The number of nitrogens with one attached hydrogen (secondary N) is 1. The summed E-state index contributed by atoms with van der Waals surface area (Å²) in [4.78, 5) is 7.58. The van der Waals surface area contributed by atoms with Crippen molar-refractivity contribution in [2.24, 2.45) is 4.99 Å². The molecule has 2 aliphatic rings. The van der Waals surface area contributed by atoms with Gasteiger partial charge in [0.25, 0.3) is 0 Å². The molecule has 5 nitrogen and oxygen atoms in total. The predicted octanol–water partition coefficient (Wildman–Crippen LogP) is 7.06. The highest BCUT2D eigenvalue weighted by atomic mass is 16.5. The van der Waals surface area contributed by atoms with Crippen LogP contribution in [0.2, 0.25) is 0 Å². The monoisotopic (exact) mass is 501 g/mol. The SMILES string of the molecule is CCCCC(NC1=CCC=CC(c2ccc(OCCCN3CCCCC3)c(OC)c2)=N1)c1ccccc1. The van der Waals surface area contributed by atoms with Gasteiger partial charge < -0.3 is 19.7 Å². The molecule has 0 amide bonds. The Hall–Kier alpha value is -3.05. The van der Waals surface area contributed by atoms with Gasteiger partial charge in [0.2, 0.25) is 0 Å². The highest BCUT2D eigenvalue weighted by molar-refractivity contribution is 6.09. The largest absolute Gasteiger partial charge is 0.493 e. The van der Waals surface area contributed by atoms with Crippen molar-refractivity contribution in [2.75, 3.05) is 33.4 Å². The molecule has 2 aromatic carbocycles. The smallest absolute Gasteiger partial charge is 0.161 e. The van der Waals surface area contributed by atoms with Gasteiger partial charge in [-0.15, -0.1) is 0 Å². The fourth-order valence-corrected chi connectivity index (χ4v) is 5.02. The molecule has 1 saturated heterocycles. The lowest BCUT2D eigenvalue weighted by Gasteiger charge is -2.26. The number of piperidine rings is 1. The molecule has 1 unspecified atom stereocenters. The highest BCUT2D eigenvalue weighted by Crippen LogP contribution is 2.29. The van der Waals surface area contributed by atoms with Crippen LogP contribution in [0.15, 0.2) is 77.6 Å². The number of rotatable bonds is 13. The van der Waals surface area contributed by atoms with Crippen LogP contribution in [-0.2, 0) is 0 Å². The summed E-state index contributed by atoms with van der Waals surface area (Å²) in [6.45, 7) is 6.49. The molecule has 5 heteroatoms. The molecular formula is C32H43N3O2. The second-order valence-corrected chi connectivity index (χ2v) is 9.94. The molecule has 2 heterocycles. The highest BCUT2D eigenvalue weighted by Gasteiger charge is 2.15. The maximum absolute atomic E-state index is 6.11. The third-order valence-corrected chi connectivity index (χ3v) is 7.12. The first-order valence-electron chi connectivity index (χ1n) is 14.1. The lowest BCUT2D eigenvalue weighted by molar-refractivity contribution is 0.203. The number of methoxy groups -OCH3 is 1. The van der Waals surface area contributed by atoms with Gasteiger partial charge in [-0.05, 0) is 81.1 Å². The van der Waals surface area contributed by atoms with Crippen LogP contribution >= 0.6 is 0 Å². The van der Waals surface area contributed by atoms with Gasteiger partial charge in [0, 0.05) is 12.1 Å². The van der Waals surface area contributed by atoms with E-state index in [0.29, 0.717) is 6.61 Å². The lowest BCUT2D eigenvalue weighted by Crippen LogP contribution is -2.31. The van der Waals surface area contributed by atoms with Gasteiger partial charge >= 0.3 is 0 Å². The summed E-state index contributed by atoms with van der Waals surface area (Å²) in [5.74, 6) is 2.46. The molecule has 2 aromatic rings. The third kappa shape index (κ3) is 8.22. The van der Waals surface area contributed by atoms with Crippen LogP contribution in [0.1, 0.15) is 75.5 Å². The molecular weight excluding hydrogens is 458 g/mol. The zero-order valence-corrected chi connectivity index (χ0v) is 22.6. The number of unbranched alkanes of at least 4 members (excludes halogenated alkanes) is 1. The maximum atomic E-state index is 6.11. The van der Waals surface area contributed by atoms with E-state index >= 15 is 0 Å². The van der Waals surface area contributed by atoms with Crippen LogP contribution in [0.5, 0.6) is 11.5 Å². The van der Waals surface area contributed by atoms with E-state index < -0.39 is 0 Å². The number of nitrogens with zero attached hydrogens (tertiary/aromatic N) is 2. The second kappa shape index (κ2) is 14.6. The summed E-state index contributed by atoms with van der Waals surface area (Å²) in [7, 11) is 1.70. The summed E-state index contributed by atoms with van der Waals surface area (Å²) >= 11 is 0. The summed E-state index contributed by atoms with van der Waals surface area (Å²) in [6.07, 6.45) is 15.8. The maximum Gasteiger partial charge on any atom is 0.161 e. The summed E-state index contributed by atoms with van der Waals surface area (Å²) in [6, 6.07) is 17.1. The van der Waals surface area contributed by atoms with Crippen LogP contribution in [0.25, 0.3) is 0 Å². The van der Waals surface area contributed by atoms with Crippen LogP contribution in [0.3, 0.4) is 0 Å². The standard InChI is InChI=1S/C32H43N3O2/c1-3-4-16-28(26-14-7-5-8-15-26)33-32-18-10-9-17-29(34-32)27-19-20-30(31(25-27)36-2)37-24-13-23-35-21-11-6-12-22-35/h5,7-9,14-15,17-20,25,28,33H,3-4,6,10-13,16,21-24H2,1-2H3. The first kappa shape index (κ1) is 27.0. The first-order chi connectivity index (χ1) is 18.3. The molecule has 2 aliphatic heterocycles. The zero-order valence-electron chi connectivity index (χ0n) is 22.6. The van der Waals surface area contributed by atoms with Crippen molar-refractivity contribution in [3.63, 3.8) is 0 Å². The number of allylic oxidation sites excluding steroid dienone is 3. The minimum Gasteiger partial charge on any atom is -0.493 e. The molecule has 0 saturated carbocycles. The van der Waals surface area contributed by atoms with Crippen molar-refractivity contribution in [2.45, 2.75) is 64.3 Å².